The van der Waals surface area contributed by atoms with Gasteiger partial charge < -0.3 is 24.5 Å². The van der Waals surface area contributed by atoms with Gasteiger partial charge in [-0.25, -0.2) is 4.79 Å². The van der Waals surface area contributed by atoms with Crippen molar-refractivity contribution < 1.29 is 23.8 Å². The molecular weight excluding hydrogens is 384 g/mol. The van der Waals surface area contributed by atoms with Crippen molar-refractivity contribution in [2.24, 2.45) is 0 Å². The number of benzene rings is 1. The second-order valence-electron chi connectivity index (χ2n) is 6.80. The lowest BCUT2D eigenvalue weighted by atomic mass is 10.1. The summed E-state index contributed by atoms with van der Waals surface area (Å²) in [5.41, 5.74) is 0.999. The quantitative estimate of drug-likeness (QED) is 0.555. The van der Waals surface area contributed by atoms with Gasteiger partial charge in [-0.15, -0.1) is 0 Å². The fourth-order valence-corrected chi connectivity index (χ4v) is 2.47. The average molecular weight is 408 g/mol. The van der Waals surface area contributed by atoms with Crippen molar-refractivity contribution in [2.45, 2.75) is 25.6 Å². The van der Waals surface area contributed by atoms with Crippen LogP contribution in [0.4, 0.5) is 0 Å². The predicted octanol–water partition coefficient (Wildman–Crippen LogP) is 1.40. The number of carbonyl (C=O) groups excluding carboxylic acids is 2. The molecular formula is C23H24N2O5. The van der Waals surface area contributed by atoms with Crippen molar-refractivity contribution in [2.75, 3.05) is 21.2 Å². The minimum Gasteiger partial charge on any atom is -0.467 e. The summed E-state index contributed by atoms with van der Waals surface area (Å²) in [6, 6.07) is 9.02. The van der Waals surface area contributed by atoms with E-state index in [-0.39, 0.29) is 0 Å². The van der Waals surface area contributed by atoms with E-state index in [1.54, 1.807) is 30.3 Å². The van der Waals surface area contributed by atoms with Crippen LogP contribution in [0.5, 0.6) is 0 Å². The smallest absolute Gasteiger partial charge is 0.331 e. The molecule has 156 valence electrons. The van der Waals surface area contributed by atoms with Gasteiger partial charge >= 0.3 is 5.97 Å². The number of hydrogen-bond acceptors (Lipinski definition) is 6. The zero-order valence-corrected chi connectivity index (χ0v) is 17.4. The molecule has 2 rings (SSSR count). The highest BCUT2D eigenvalue weighted by atomic mass is 16.5. The highest BCUT2D eigenvalue weighted by Crippen LogP contribution is 2.08. The molecule has 0 fully saturated rings. The number of aliphatic hydroxyl groups excluding tert-OH is 1. The summed E-state index contributed by atoms with van der Waals surface area (Å²) in [7, 11) is 5.10. The van der Waals surface area contributed by atoms with Crippen LogP contribution in [0, 0.1) is 23.7 Å². The summed E-state index contributed by atoms with van der Waals surface area (Å²) in [6.07, 6.45) is -1.08. The number of amides is 1. The fourth-order valence-electron chi connectivity index (χ4n) is 2.47. The second kappa shape index (κ2) is 10.9. The molecule has 1 aromatic heterocycles. The van der Waals surface area contributed by atoms with Crippen molar-refractivity contribution in [1.29, 1.82) is 0 Å². The molecule has 0 saturated heterocycles. The number of methoxy groups -OCH3 is 1. The zero-order valence-electron chi connectivity index (χ0n) is 17.4. The summed E-state index contributed by atoms with van der Waals surface area (Å²) in [4.78, 5) is 25.9. The van der Waals surface area contributed by atoms with E-state index in [0.29, 0.717) is 23.4 Å². The van der Waals surface area contributed by atoms with E-state index in [9.17, 15) is 14.7 Å². The van der Waals surface area contributed by atoms with Gasteiger partial charge in [0.05, 0.1) is 19.8 Å². The van der Waals surface area contributed by atoms with E-state index in [4.69, 9.17) is 4.42 Å². The standard InChI is InChI=1S/C23H24N2O5/c1-16(26)21(23(28)29-4)24-22(27)18-11-9-17(10-12-18)7-5-6-8-19-13-14-20(30-19)15-25(2)3/h9-14,16,21,26H,15H2,1-4H3,(H,24,27). The van der Waals surface area contributed by atoms with Gasteiger partial charge in [0.2, 0.25) is 0 Å². The first kappa shape index (κ1) is 22.8. The van der Waals surface area contributed by atoms with Gasteiger partial charge in [-0.3, -0.25) is 4.79 Å². The molecule has 7 heteroatoms. The van der Waals surface area contributed by atoms with Crippen LogP contribution in [0.25, 0.3) is 0 Å². The number of nitrogens with zero attached hydrogens (tertiary/aromatic N) is 1. The topological polar surface area (TPSA) is 92.0 Å². The Morgan fingerprint density at radius 3 is 2.40 bits per heavy atom. The Morgan fingerprint density at radius 1 is 1.13 bits per heavy atom. The van der Waals surface area contributed by atoms with Gasteiger partial charge in [0.1, 0.15) is 5.76 Å². The average Bonchev–Trinajstić information content (AvgIpc) is 3.15. The van der Waals surface area contributed by atoms with Crippen LogP contribution in [0.3, 0.4) is 0 Å². The van der Waals surface area contributed by atoms with Crippen molar-refractivity contribution in [3.8, 4) is 23.7 Å². The number of hydrogen-bond donors (Lipinski definition) is 2. The molecule has 7 nitrogen and oxygen atoms in total. The van der Waals surface area contributed by atoms with E-state index < -0.39 is 24.0 Å². The molecule has 0 spiro atoms. The Balaban J connectivity index is 1.99. The lowest BCUT2D eigenvalue weighted by Gasteiger charge is -2.18. The first-order chi connectivity index (χ1) is 14.3. The first-order valence-electron chi connectivity index (χ1n) is 9.22. The summed E-state index contributed by atoms with van der Waals surface area (Å²) in [5.74, 6) is 11.4. The van der Waals surface area contributed by atoms with Crippen LogP contribution < -0.4 is 5.32 Å². The van der Waals surface area contributed by atoms with Gasteiger partial charge in [0.25, 0.3) is 5.91 Å². The molecule has 1 aromatic carbocycles. The normalized spacial score (nSPS) is 12.1. The van der Waals surface area contributed by atoms with Crippen molar-refractivity contribution in [3.63, 3.8) is 0 Å². The van der Waals surface area contributed by atoms with Crippen molar-refractivity contribution >= 4 is 11.9 Å². The monoisotopic (exact) mass is 408 g/mol. The molecule has 30 heavy (non-hydrogen) atoms. The molecule has 0 aliphatic rings. The number of furan rings is 1. The van der Waals surface area contributed by atoms with Crippen LogP contribution in [0.1, 0.15) is 34.4 Å². The molecule has 2 unspecified atom stereocenters. The Morgan fingerprint density at radius 2 is 1.80 bits per heavy atom. The van der Waals surface area contributed by atoms with E-state index in [0.717, 1.165) is 5.76 Å². The summed E-state index contributed by atoms with van der Waals surface area (Å²) in [5, 5.41) is 12.1. The third kappa shape index (κ3) is 6.82. The third-order valence-electron chi connectivity index (χ3n) is 3.96. The molecule has 0 saturated carbocycles. The van der Waals surface area contributed by atoms with Crippen LogP contribution in [0.2, 0.25) is 0 Å². The first-order valence-corrected chi connectivity index (χ1v) is 9.22. The maximum Gasteiger partial charge on any atom is 0.331 e. The number of carbonyl (C=O) groups is 2. The van der Waals surface area contributed by atoms with E-state index in [1.165, 1.54) is 14.0 Å². The SMILES string of the molecule is COC(=O)C(NC(=O)c1ccc(C#CC#Cc2ccc(CN(C)C)o2)cc1)C(C)O. The maximum atomic E-state index is 12.3. The highest BCUT2D eigenvalue weighted by molar-refractivity contribution is 5.97. The van der Waals surface area contributed by atoms with E-state index in [2.05, 4.69) is 33.7 Å². The number of rotatable bonds is 6. The minimum absolute atomic E-state index is 0.324. The van der Waals surface area contributed by atoms with E-state index >= 15 is 0 Å². The van der Waals surface area contributed by atoms with Crippen LogP contribution in [-0.4, -0.2) is 55.2 Å². The molecule has 2 atom stereocenters. The molecule has 0 aliphatic carbocycles. The van der Waals surface area contributed by atoms with E-state index in [1.807, 2.05) is 25.1 Å². The largest absolute Gasteiger partial charge is 0.467 e. The molecule has 0 radical (unpaired) electrons. The van der Waals surface area contributed by atoms with Gasteiger partial charge in [0, 0.05) is 11.1 Å². The summed E-state index contributed by atoms with van der Waals surface area (Å²) in [6.45, 7) is 2.10. The fraction of sp³-hybridized carbons (Fsp3) is 0.304. The Bertz CT molecular complexity index is 998. The van der Waals surface area contributed by atoms with Crippen molar-refractivity contribution in [1.82, 2.24) is 10.2 Å². The Hall–Kier alpha value is -3.52. The Kier molecular flexibility index (Phi) is 8.25. The maximum absolute atomic E-state index is 12.3. The highest BCUT2D eigenvalue weighted by Gasteiger charge is 2.26. The lowest BCUT2D eigenvalue weighted by molar-refractivity contribution is -0.145. The molecule has 2 N–H and O–H groups in total. The van der Waals surface area contributed by atoms with Gasteiger partial charge in [-0.1, -0.05) is 5.92 Å². The van der Waals surface area contributed by atoms with Crippen LogP contribution >= 0.6 is 0 Å². The van der Waals surface area contributed by atoms with Crippen LogP contribution in [0.15, 0.2) is 40.8 Å². The number of ether oxygens (including phenoxy) is 1. The lowest BCUT2D eigenvalue weighted by Crippen LogP contribution is -2.48. The second-order valence-corrected chi connectivity index (χ2v) is 6.80. The number of esters is 1. The predicted molar refractivity (Wildman–Crippen MR) is 111 cm³/mol. The molecule has 0 bridgehead atoms. The Labute approximate surface area is 176 Å². The molecule has 0 aliphatic heterocycles. The van der Waals surface area contributed by atoms with Gasteiger partial charge in [-0.2, -0.15) is 0 Å². The van der Waals surface area contributed by atoms with Gasteiger partial charge in [0.15, 0.2) is 11.8 Å². The molecule has 1 amide bonds. The summed E-state index contributed by atoms with van der Waals surface area (Å²) >= 11 is 0. The third-order valence-corrected chi connectivity index (χ3v) is 3.96. The van der Waals surface area contributed by atoms with Crippen LogP contribution in [-0.2, 0) is 16.1 Å². The zero-order chi connectivity index (χ0) is 22.1. The van der Waals surface area contributed by atoms with Gasteiger partial charge in [-0.05, 0) is 75.2 Å². The summed E-state index contributed by atoms with van der Waals surface area (Å²) < 4.78 is 10.2. The molecule has 2 aromatic rings. The molecule has 1 heterocycles. The minimum atomic E-state index is -1.14. The van der Waals surface area contributed by atoms with Crippen molar-refractivity contribution in [3.05, 3.63) is 59.0 Å². The number of nitrogens with one attached hydrogen (secondary N) is 1. The number of aliphatic hydroxyl groups is 1.